The number of ether oxygens (including phenoxy) is 2. The van der Waals surface area contributed by atoms with Crippen LogP contribution in [0.1, 0.15) is 69.2 Å². The van der Waals surface area contributed by atoms with Crippen molar-refractivity contribution >= 4 is 16.8 Å². The number of carbonyl (C=O) groups excluding carboxylic acids is 1. The summed E-state index contributed by atoms with van der Waals surface area (Å²) in [4.78, 5) is 22.3. The number of carbonyl (C=O) groups is 1. The first-order chi connectivity index (χ1) is 17.1. The molecule has 1 saturated carbocycles. The molecule has 1 aliphatic carbocycles. The molecule has 3 atom stereocenters. The van der Waals surface area contributed by atoms with Crippen LogP contribution >= 0.6 is 0 Å². The highest BCUT2D eigenvalue weighted by Gasteiger charge is 2.43. The normalized spacial score (nSPS) is 25.7. The molecule has 0 radical (unpaired) electrons. The van der Waals surface area contributed by atoms with Gasteiger partial charge in [-0.25, -0.2) is 0 Å². The Hall–Kier alpha value is -2.47. The summed E-state index contributed by atoms with van der Waals surface area (Å²) in [5, 5.41) is 1.22. The number of nitrogens with zero attached hydrogens (tertiary/aromatic N) is 2. The molecule has 5 rings (SSSR count). The number of piperidine rings is 1. The van der Waals surface area contributed by atoms with E-state index in [-0.39, 0.29) is 17.9 Å². The van der Waals surface area contributed by atoms with Gasteiger partial charge in [-0.15, -0.1) is 0 Å². The molecule has 2 aliphatic heterocycles. The fourth-order valence-electron chi connectivity index (χ4n) is 7.01. The van der Waals surface area contributed by atoms with Gasteiger partial charge in [0, 0.05) is 42.8 Å². The Bertz CT molecular complexity index is 1080. The minimum Gasteiger partial charge on any atom is -0.504 e. The summed E-state index contributed by atoms with van der Waals surface area (Å²) in [5.41, 5.74) is 4.69. The summed E-state index contributed by atoms with van der Waals surface area (Å²) >= 11 is 0. The number of rotatable bonds is 6. The van der Waals surface area contributed by atoms with E-state index >= 15 is 0 Å². The molecule has 3 aliphatic rings. The van der Waals surface area contributed by atoms with Crippen molar-refractivity contribution in [1.82, 2.24) is 14.8 Å². The lowest BCUT2D eigenvalue weighted by molar-refractivity contribution is -0.129. The van der Waals surface area contributed by atoms with Crippen molar-refractivity contribution in [2.45, 2.75) is 70.4 Å². The fraction of sp³-hybridized carbons (Fsp3) is 0.621. The van der Waals surface area contributed by atoms with E-state index in [9.17, 15) is 4.79 Å². The number of aromatic amines is 1. The largest absolute Gasteiger partial charge is 0.504 e. The van der Waals surface area contributed by atoms with Gasteiger partial charge in [0.1, 0.15) is 5.75 Å². The van der Waals surface area contributed by atoms with E-state index in [0.29, 0.717) is 12.0 Å². The fourth-order valence-corrected chi connectivity index (χ4v) is 7.01. The lowest BCUT2D eigenvalue weighted by Crippen LogP contribution is -2.48. The van der Waals surface area contributed by atoms with Crippen LogP contribution < -0.4 is 4.74 Å². The number of methoxy groups -OCH3 is 2. The van der Waals surface area contributed by atoms with Gasteiger partial charge in [0.25, 0.3) is 5.91 Å². The molecular formula is C29H41N3O3. The van der Waals surface area contributed by atoms with Crippen LogP contribution in [0.5, 0.6) is 5.75 Å². The van der Waals surface area contributed by atoms with Crippen LogP contribution in [0.15, 0.2) is 30.0 Å². The number of benzene rings is 1. The predicted octanol–water partition coefficient (Wildman–Crippen LogP) is 5.44. The van der Waals surface area contributed by atoms with Gasteiger partial charge in [-0.05, 0) is 55.2 Å². The highest BCUT2D eigenvalue weighted by Crippen LogP contribution is 2.47. The van der Waals surface area contributed by atoms with Crippen LogP contribution in [0.2, 0.25) is 0 Å². The zero-order valence-corrected chi connectivity index (χ0v) is 21.8. The van der Waals surface area contributed by atoms with Crippen LogP contribution in [0.4, 0.5) is 0 Å². The van der Waals surface area contributed by atoms with Crippen molar-refractivity contribution in [3.8, 4) is 5.75 Å². The maximum Gasteiger partial charge on any atom is 0.253 e. The molecule has 2 fully saturated rings. The molecule has 1 aromatic heterocycles. The highest BCUT2D eigenvalue weighted by molar-refractivity contribution is 5.94. The third-order valence-corrected chi connectivity index (χ3v) is 8.94. The first-order valence-corrected chi connectivity index (χ1v) is 13.5. The SMILES string of the molecule is CCC1CN2CCc3c([nH]c4cccc(OC)c34)C2CC1/C(=C\OC)C(=O)N(C)C1CCCCC1. The smallest absolute Gasteiger partial charge is 0.253 e. The molecule has 1 saturated heterocycles. The Morgan fingerprint density at radius 2 is 2.03 bits per heavy atom. The number of hydrogen-bond donors (Lipinski definition) is 1. The molecule has 190 valence electrons. The number of likely N-dealkylation sites (N-methyl/N-ethyl adjacent to an activating group) is 1. The Morgan fingerprint density at radius 1 is 1.23 bits per heavy atom. The summed E-state index contributed by atoms with van der Waals surface area (Å²) in [6.45, 7) is 4.32. The summed E-state index contributed by atoms with van der Waals surface area (Å²) in [6.07, 6.45) is 10.7. The van der Waals surface area contributed by atoms with Crippen molar-refractivity contribution in [3.63, 3.8) is 0 Å². The Morgan fingerprint density at radius 3 is 2.74 bits per heavy atom. The van der Waals surface area contributed by atoms with Crippen molar-refractivity contribution < 1.29 is 14.3 Å². The average molecular weight is 480 g/mol. The van der Waals surface area contributed by atoms with Crippen LogP contribution in [-0.2, 0) is 16.0 Å². The molecule has 1 amide bonds. The molecule has 2 aromatic rings. The van der Waals surface area contributed by atoms with E-state index in [1.165, 1.54) is 35.9 Å². The second kappa shape index (κ2) is 10.3. The van der Waals surface area contributed by atoms with Crippen LogP contribution in [0.25, 0.3) is 10.9 Å². The summed E-state index contributed by atoms with van der Waals surface area (Å²) in [6, 6.07) is 6.88. The first kappa shape index (κ1) is 24.2. The molecule has 0 spiro atoms. The number of fused-ring (bicyclic) bond motifs is 5. The second-order valence-corrected chi connectivity index (χ2v) is 10.7. The van der Waals surface area contributed by atoms with Crippen molar-refractivity contribution in [2.75, 3.05) is 34.4 Å². The molecule has 35 heavy (non-hydrogen) atoms. The third kappa shape index (κ3) is 4.35. The van der Waals surface area contributed by atoms with Gasteiger partial charge in [-0.3, -0.25) is 9.69 Å². The maximum absolute atomic E-state index is 13.9. The second-order valence-electron chi connectivity index (χ2n) is 10.7. The van der Waals surface area contributed by atoms with Crippen LogP contribution in [0, 0.1) is 11.8 Å². The van der Waals surface area contributed by atoms with Gasteiger partial charge in [-0.1, -0.05) is 38.7 Å². The average Bonchev–Trinajstić information content (AvgIpc) is 3.30. The zero-order chi connectivity index (χ0) is 24.5. The van der Waals surface area contributed by atoms with Crippen LogP contribution in [0.3, 0.4) is 0 Å². The standard InChI is InChI=1S/C29H41N3O3/c1-5-19-17-32-15-14-21-27-24(12-9-13-26(27)35-4)30-28(21)25(32)16-22(19)23(18-34-3)29(33)31(2)20-10-7-6-8-11-20/h9,12-13,18-20,22,25,30H,5-8,10-11,14-17H2,1-4H3/b23-18+. The van der Waals surface area contributed by atoms with E-state index in [1.807, 2.05) is 11.9 Å². The highest BCUT2D eigenvalue weighted by atomic mass is 16.5. The third-order valence-electron chi connectivity index (χ3n) is 8.94. The van der Waals surface area contributed by atoms with E-state index in [2.05, 4.69) is 35.0 Å². The Balaban J connectivity index is 1.47. The van der Waals surface area contributed by atoms with Gasteiger partial charge in [0.05, 0.1) is 32.1 Å². The summed E-state index contributed by atoms with van der Waals surface area (Å²) < 4.78 is 11.3. The first-order valence-electron chi connectivity index (χ1n) is 13.5. The van der Waals surface area contributed by atoms with E-state index in [0.717, 1.165) is 62.0 Å². The maximum atomic E-state index is 13.9. The quantitative estimate of drug-likeness (QED) is 0.443. The number of aromatic nitrogens is 1. The van der Waals surface area contributed by atoms with E-state index in [1.54, 1.807) is 20.5 Å². The minimum atomic E-state index is 0.157. The number of hydrogen-bond acceptors (Lipinski definition) is 4. The molecular weight excluding hydrogens is 438 g/mol. The van der Waals surface area contributed by atoms with Gasteiger partial charge >= 0.3 is 0 Å². The lowest BCUT2D eigenvalue weighted by Gasteiger charge is -2.47. The van der Waals surface area contributed by atoms with Gasteiger partial charge in [0.15, 0.2) is 0 Å². The van der Waals surface area contributed by atoms with E-state index in [4.69, 9.17) is 9.47 Å². The molecule has 1 N–H and O–H groups in total. The van der Waals surface area contributed by atoms with Crippen LogP contribution in [-0.4, -0.2) is 61.1 Å². The Kier molecular flexibility index (Phi) is 7.10. The number of H-pyrrole nitrogens is 1. The van der Waals surface area contributed by atoms with Crippen molar-refractivity contribution in [2.24, 2.45) is 11.8 Å². The van der Waals surface area contributed by atoms with Gasteiger partial charge in [0.2, 0.25) is 0 Å². The molecule has 1 aromatic carbocycles. The number of amides is 1. The zero-order valence-electron chi connectivity index (χ0n) is 21.8. The molecule has 0 bridgehead atoms. The van der Waals surface area contributed by atoms with Crippen molar-refractivity contribution in [1.29, 1.82) is 0 Å². The molecule has 3 heterocycles. The molecule has 6 heteroatoms. The van der Waals surface area contributed by atoms with Crippen molar-refractivity contribution in [3.05, 3.63) is 41.3 Å². The molecule has 3 unspecified atom stereocenters. The number of nitrogens with one attached hydrogen (secondary N) is 1. The topological polar surface area (TPSA) is 57.8 Å². The minimum absolute atomic E-state index is 0.157. The predicted molar refractivity (Wildman–Crippen MR) is 139 cm³/mol. The Labute approximate surface area is 209 Å². The monoisotopic (exact) mass is 479 g/mol. The van der Waals surface area contributed by atoms with E-state index < -0.39 is 0 Å². The molecule has 6 nitrogen and oxygen atoms in total. The summed E-state index contributed by atoms with van der Waals surface area (Å²) in [7, 11) is 5.43. The lowest BCUT2D eigenvalue weighted by atomic mass is 9.73. The van der Waals surface area contributed by atoms with Gasteiger partial charge in [-0.2, -0.15) is 0 Å². The van der Waals surface area contributed by atoms with Gasteiger partial charge < -0.3 is 19.4 Å². The summed E-state index contributed by atoms with van der Waals surface area (Å²) in [5.74, 6) is 1.72.